The molecule has 0 saturated carbocycles. The summed E-state index contributed by atoms with van der Waals surface area (Å²) >= 11 is 0. The lowest BCUT2D eigenvalue weighted by molar-refractivity contribution is 0.0741. The minimum absolute atomic E-state index is 0.118. The van der Waals surface area contributed by atoms with Gasteiger partial charge in [0.1, 0.15) is 17.4 Å². The predicted octanol–water partition coefficient (Wildman–Crippen LogP) is 3.39. The Morgan fingerprint density at radius 2 is 1.77 bits per heavy atom. The van der Waals surface area contributed by atoms with Crippen LogP contribution in [0.4, 0.5) is 14.6 Å². The molecule has 30 heavy (non-hydrogen) atoms. The molecule has 154 valence electrons. The number of hydrogen-bond acceptors (Lipinski definition) is 5. The maximum absolute atomic E-state index is 13.9. The Bertz CT molecular complexity index is 1050. The van der Waals surface area contributed by atoms with Gasteiger partial charge in [-0.05, 0) is 36.4 Å². The van der Waals surface area contributed by atoms with Crippen LogP contribution >= 0.6 is 0 Å². The number of ether oxygens (including phenoxy) is 1. The lowest BCUT2D eigenvalue weighted by Crippen LogP contribution is -2.49. The molecule has 8 heteroatoms. The number of benzene rings is 2. The number of methoxy groups -OCH3 is 1. The van der Waals surface area contributed by atoms with Crippen molar-refractivity contribution in [3.05, 3.63) is 71.8 Å². The van der Waals surface area contributed by atoms with E-state index in [1.165, 1.54) is 6.07 Å². The van der Waals surface area contributed by atoms with E-state index >= 15 is 0 Å². The third-order valence-electron chi connectivity index (χ3n) is 5.07. The number of carbonyl (C=O) groups excluding carboxylic acids is 1. The highest BCUT2D eigenvalue weighted by Gasteiger charge is 2.25. The summed E-state index contributed by atoms with van der Waals surface area (Å²) in [4.78, 5) is 16.1. The lowest BCUT2D eigenvalue weighted by atomic mass is 10.1. The molecule has 0 spiro atoms. The molecule has 1 fully saturated rings. The Balaban J connectivity index is 1.41. The number of carbonyl (C=O) groups is 1. The molecule has 0 atom stereocenters. The Kier molecular flexibility index (Phi) is 5.56. The van der Waals surface area contributed by atoms with Gasteiger partial charge >= 0.3 is 0 Å². The average molecular weight is 410 g/mol. The van der Waals surface area contributed by atoms with Gasteiger partial charge in [0.05, 0.1) is 18.4 Å². The summed E-state index contributed by atoms with van der Waals surface area (Å²) < 4.78 is 32.2. The third kappa shape index (κ3) is 4.07. The fourth-order valence-electron chi connectivity index (χ4n) is 3.40. The highest BCUT2D eigenvalue weighted by molar-refractivity contribution is 5.94. The first kappa shape index (κ1) is 19.8. The molecular formula is C22H20F2N4O2. The van der Waals surface area contributed by atoms with Crippen molar-refractivity contribution >= 4 is 11.7 Å². The molecule has 0 unspecified atom stereocenters. The van der Waals surface area contributed by atoms with E-state index in [1.807, 2.05) is 41.3 Å². The monoisotopic (exact) mass is 410 g/mol. The Morgan fingerprint density at radius 3 is 2.43 bits per heavy atom. The summed E-state index contributed by atoms with van der Waals surface area (Å²) in [6.45, 7) is 1.91. The number of aromatic nitrogens is 2. The molecule has 2 heterocycles. The van der Waals surface area contributed by atoms with Crippen molar-refractivity contribution in [3.8, 4) is 17.0 Å². The Hall–Kier alpha value is -3.55. The van der Waals surface area contributed by atoms with Crippen molar-refractivity contribution in [1.29, 1.82) is 0 Å². The lowest BCUT2D eigenvalue weighted by Gasteiger charge is -2.35. The van der Waals surface area contributed by atoms with Gasteiger partial charge < -0.3 is 14.5 Å². The molecular weight excluding hydrogens is 390 g/mol. The van der Waals surface area contributed by atoms with Gasteiger partial charge in [-0.3, -0.25) is 4.79 Å². The van der Waals surface area contributed by atoms with E-state index in [0.29, 0.717) is 32.0 Å². The van der Waals surface area contributed by atoms with Gasteiger partial charge in [0.25, 0.3) is 5.91 Å². The molecule has 1 amide bonds. The number of halogens is 2. The Labute approximate surface area is 172 Å². The first-order chi connectivity index (χ1) is 14.5. The maximum atomic E-state index is 13.9. The molecule has 1 aliphatic heterocycles. The highest BCUT2D eigenvalue weighted by Crippen LogP contribution is 2.23. The zero-order valence-corrected chi connectivity index (χ0v) is 16.4. The minimum Gasteiger partial charge on any atom is -0.497 e. The van der Waals surface area contributed by atoms with E-state index in [-0.39, 0.29) is 5.56 Å². The number of hydrogen-bond donors (Lipinski definition) is 0. The summed E-state index contributed by atoms with van der Waals surface area (Å²) in [5.41, 5.74) is 1.52. The molecule has 3 aromatic rings. The van der Waals surface area contributed by atoms with Crippen molar-refractivity contribution < 1.29 is 18.3 Å². The van der Waals surface area contributed by atoms with E-state index < -0.39 is 17.5 Å². The molecule has 0 bridgehead atoms. The third-order valence-corrected chi connectivity index (χ3v) is 5.07. The summed E-state index contributed by atoms with van der Waals surface area (Å²) in [7, 11) is 1.61. The number of rotatable bonds is 4. The van der Waals surface area contributed by atoms with Gasteiger partial charge in [-0.15, -0.1) is 10.2 Å². The quantitative estimate of drug-likeness (QED) is 0.660. The van der Waals surface area contributed by atoms with E-state index in [0.717, 1.165) is 29.1 Å². The van der Waals surface area contributed by atoms with Crippen molar-refractivity contribution in [2.45, 2.75) is 0 Å². The van der Waals surface area contributed by atoms with Gasteiger partial charge in [-0.1, -0.05) is 12.1 Å². The highest BCUT2D eigenvalue weighted by atomic mass is 19.1. The summed E-state index contributed by atoms with van der Waals surface area (Å²) in [6.07, 6.45) is 0. The smallest absolute Gasteiger partial charge is 0.256 e. The molecule has 1 aromatic heterocycles. The number of anilines is 1. The fourth-order valence-corrected chi connectivity index (χ4v) is 3.40. The van der Waals surface area contributed by atoms with Crippen LogP contribution in [0.25, 0.3) is 11.3 Å². The second-order valence-electron chi connectivity index (χ2n) is 6.91. The zero-order chi connectivity index (χ0) is 21.1. The SMILES string of the molecule is COc1cccc(-c2ccc(N3CCN(C(=O)c4ccc(F)cc4F)CC3)nn2)c1. The van der Waals surface area contributed by atoms with Crippen LogP contribution in [0.15, 0.2) is 54.6 Å². The second-order valence-corrected chi connectivity index (χ2v) is 6.91. The van der Waals surface area contributed by atoms with Gasteiger partial charge in [-0.2, -0.15) is 0 Å². The van der Waals surface area contributed by atoms with Crippen molar-refractivity contribution in [2.75, 3.05) is 38.2 Å². The first-order valence-electron chi connectivity index (χ1n) is 9.52. The topological polar surface area (TPSA) is 58.6 Å². The summed E-state index contributed by atoms with van der Waals surface area (Å²) in [5, 5.41) is 8.62. The van der Waals surface area contributed by atoms with E-state index in [2.05, 4.69) is 10.2 Å². The molecule has 6 nitrogen and oxygen atoms in total. The number of nitrogens with zero attached hydrogens (tertiary/aromatic N) is 4. The number of piperazine rings is 1. The van der Waals surface area contributed by atoms with E-state index in [4.69, 9.17) is 4.74 Å². The molecule has 1 aliphatic rings. The van der Waals surface area contributed by atoms with Gasteiger partial charge in [-0.25, -0.2) is 8.78 Å². The van der Waals surface area contributed by atoms with Crippen LogP contribution < -0.4 is 9.64 Å². The fraction of sp³-hybridized carbons (Fsp3) is 0.227. The molecule has 0 radical (unpaired) electrons. The van der Waals surface area contributed by atoms with Crippen LogP contribution in [0.3, 0.4) is 0 Å². The Morgan fingerprint density at radius 1 is 0.967 bits per heavy atom. The normalized spacial score (nSPS) is 14.0. The summed E-state index contributed by atoms with van der Waals surface area (Å²) in [5.74, 6) is -0.531. The van der Waals surface area contributed by atoms with Crippen LogP contribution in [0.5, 0.6) is 5.75 Å². The van der Waals surface area contributed by atoms with Crippen LogP contribution in [0.1, 0.15) is 10.4 Å². The second kappa shape index (κ2) is 8.44. The maximum Gasteiger partial charge on any atom is 0.256 e. The molecule has 4 rings (SSSR count). The molecule has 1 saturated heterocycles. The molecule has 0 aliphatic carbocycles. The zero-order valence-electron chi connectivity index (χ0n) is 16.4. The van der Waals surface area contributed by atoms with Crippen LogP contribution in [-0.4, -0.2) is 54.3 Å². The van der Waals surface area contributed by atoms with Gasteiger partial charge in [0, 0.05) is 37.8 Å². The number of amides is 1. The van der Waals surface area contributed by atoms with Gasteiger partial charge in [0.15, 0.2) is 5.82 Å². The largest absolute Gasteiger partial charge is 0.497 e. The van der Waals surface area contributed by atoms with Gasteiger partial charge in [0.2, 0.25) is 0 Å². The van der Waals surface area contributed by atoms with Crippen molar-refractivity contribution in [2.24, 2.45) is 0 Å². The van der Waals surface area contributed by atoms with Crippen LogP contribution in [0.2, 0.25) is 0 Å². The first-order valence-corrected chi connectivity index (χ1v) is 9.52. The molecule has 0 N–H and O–H groups in total. The minimum atomic E-state index is -0.846. The van der Waals surface area contributed by atoms with Crippen molar-refractivity contribution in [3.63, 3.8) is 0 Å². The summed E-state index contributed by atoms with van der Waals surface area (Å²) in [6, 6.07) is 14.4. The van der Waals surface area contributed by atoms with E-state index in [1.54, 1.807) is 12.0 Å². The average Bonchev–Trinajstić information content (AvgIpc) is 2.79. The molecule has 2 aromatic carbocycles. The standard InChI is InChI=1S/C22H20F2N4O2/c1-30-17-4-2-3-15(13-17)20-7-8-21(26-25-20)27-9-11-28(12-10-27)22(29)18-6-5-16(23)14-19(18)24/h2-8,13-14H,9-12H2,1H3. The van der Waals surface area contributed by atoms with E-state index in [9.17, 15) is 13.6 Å². The van der Waals surface area contributed by atoms with Crippen molar-refractivity contribution in [1.82, 2.24) is 15.1 Å². The van der Waals surface area contributed by atoms with Crippen LogP contribution in [0, 0.1) is 11.6 Å². The van der Waals surface area contributed by atoms with Crippen LogP contribution in [-0.2, 0) is 0 Å². The predicted molar refractivity (Wildman–Crippen MR) is 108 cm³/mol.